The summed E-state index contributed by atoms with van der Waals surface area (Å²) in [6.45, 7) is -0.331. The largest absolute Gasteiger partial charge is 0.496 e. The fraction of sp³-hybridized carbons (Fsp3) is 0.625. The van der Waals surface area contributed by atoms with E-state index in [1.165, 1.54) is 6.20 Å². The minimum atomic E-state index is -4.15. The monoisotopic (exact) mass is 271 g/mol. The lowest BCUT2D eigenvalue weighted by atomic mass is 10.2. The molecule has 1 heterocycles. The summed E-state index contributed by atoms with van der Waals surface area (Å²) < 4.78 is 40.9. The summed E-state index contributed by atoms with van der Waals surface area (Å²) in [4.78, 5) is 3.89. The number of rotatable bonds is 3. The lowest BCUT2D eigenvalue weighted by Gasteiger charge is -2.13. The summed E-state index contributed by atoms with van der Waals surface area (Å²) in [7, 11) is 0. The first-order valence-electron chi connectivity index (χ1n) is 4.08. The van der Waals surface area contributed by atoms with Crippen LogP contribution in [0.5, 0.6) is 0 Å². The average Bonchev–Trinajstić information content (AvgIpc) is 2.06. The van der Waals surface area contributed by atoms with E-state index >= 15 is 0 Å². The van der Waals surface area contributed by atoms with Gasteiger partial charge in [-0.15, -0.1) is 0 Å². The molecule has 0 amide bonds. The molecule has 0 aromatic heterocycles. The Morgan fingerprint density at radius 2 is 2.14 bits per heavy atom. The highest BCUT2D eigenvalue weighted by Gasteiger charge is 2.27. The van der Waals surface area contributed by atoms with Gasteiger partial charge in [0, 0.05) is 12.8 Å². The maximum atomic E-state index is 11.7. The summed E-state index contributed by atoms with van der Waals surface area (Å²) in [6.07, 6.45) is -2.35. The summed E-state index contributed by atoms with van der Waals surface area (Å²) in [6, 6.07) is 0. The van der Waals surface area contributed by atoms with Gasteiger partial charge in [0.15, 0.2) is 0 Å². The van der Waals surface area contributed by atoms with Crippen molar-refractivity contribution in [2.75, 3.05) is 6.61 Å². The molecule has 0 N–H and O–H groups in total. The molecule has 0 unspecified atom stereocenters. The van der Waals surface area contributed by atoms with Crippen molar-refractivity contribution in [3.05, 3.63) is 12.0 Å². The summed E-state index contributed by atoms with van der Waals surface area (Å²) >= 11 is 3.19. The number of halogens is 4. The first-order valence-corrected chi connectivity index (χ1v) is 4.87. The van der Waals surface area contributed by atoms with E-state index in [4.69, 9.17) is 4.74 Å². The maximum Gasteiger partial charge on any atom is 0.392 e. The Hall–Kier alpha value is -0.520. The summed E-state index contributed by atoms with van der Waals surface area (Å²) in [5, 5.41) is 0. The Balaban J connectivity index is 2.26. The molecule has 0 radical (unpaired) electrons. The van der Waals surface area contributed by atoms with E-state index in [0.29, 0.717) is 18.6 Å². The van der Waals surface area contributed by atoms with Crippen LogP contribution in [0.25, 0.3) is 0 Å². The molecular weight excluding hydrogens is 263 g/mol. The predicted molar refractivity (Wildman–Crippen MR) is 50.3 cm³/mol. The van der Waals surface area contributed by atoms with Crippen molar-refractivity contribution >= 4 is 20.6 Å². The van der Waals surface area contributed by atoms with Crippen LogP contribution in [0.15, 0.2) is 17.0 Å². The Morgan fingerprint density at radius 1 is 1.43 bits per heavy atom. The van der Waals surface area contributed by atoms with E-state index in [1.807, 2.05) is 0 Å². The topological polar surface area (TPSA) is 21.6 Å². The molecule has 0 atom stereocenters. The summed E-state index contributed by atoms with van der Waals surface area (Å²) in [5.74, 6) is 0.512. The Bertz CT molecular complexity index is 260. The zero-order chi connectivity index (χ0) is 10.6. The second-order valence-corrected chi connectivity index (χ2v) is 3.73. The van der Waals surface area contributed by atoms with E-state index in [9.17, 15) is 13.2 Å². The first kappa shape index (κ1) is 11.6. The van der Waals surface area contributed by atoms with E-state index in [-0.39, 0.29) is 6.61 Å². The molecule has 0 saturated carbocycles. The van der Waals surface area contributed by atoms with Gasteiger partial charge >= 0.3 is 6.18 Å². The lowest BCUT2D eigenvalue weighted by Crippen LogP contribution is -2.12. The third-order valence-electron chi connectivity index (χ3n) is 1.60. The van der Waals surface area contributed by atoms with Crippen LogP contribution < -0.4 is 0 Å². The third-order valence-corrected chi connectivity index (χ3v) is 2.20. The number of alkyl halides is 3. The minimum Gasteiger partial charge on any atom is -0.496 e. The zero-order valence-corrected chi connectivity index (χ0v) is 8.86. The Morgan fingerprint density at radius 3 is 2.64 bits per heavy atom. The van der Waals surface area contributed by atoms with Gasteiger partial charge in [-0.3, -0.25) is 4.99 Å². The molecule has 0 fully saturated rings. The van der Waals surface area contributed by atoms with E-state index in [0.717, 1.165) is 4.62 Å². The molecule has 6 heteroatoms. The van der Waals surface area contributed by atoms with Gasteiger partial charge in [-0.05, 0) is 15.9 Å². The second-order valence-electron chi connectivity index (χ2n) is 2.81. The standard InChI is InChI=1S/C8H9BrF3NO/c9-7-2-1-6(5-13-7)14-4-3-8(10,11)12/h5H,1-4H2. The van der Waals surface area contributed by atoms with Crippen molar-refractivity contribution in [3.8, 4) is 0 Å². The molecule has 0 aromatic carbocycles. The zero-order valence-electron chi connectivity index (χ0n) is 7.27. The maximum absolute atomic E-state index is 11.7. The van der Waals surface area contributed by atoms with Crippen LogP contribution in [-0.4, -0.2) is 17.4 Å². The molecule has 80 valence electrons. The molecule has 0 bridgehead atoms. The highest BCUT2D eigenvalue weighted by Crippen LogP contribution is 2.21. The highest BCUT2D eigenvalue weighted by molar-refractivity contribution is 9.18. The Kier molecular flexibility index (Phi) is 3.97. The van der Waals surface area contributed by atoms with Crippen LogP contribution in [-0.2, 0) is 4.74 Å². The van der Waals surface area contributed by atoms with Gasteiger partial charge in [0.1, 0.15) is 5.76 Å². The van der Waals surface area contributed by atoms with Crippen molar-refractivity contribution in [2.45, 2.75) is 25.4 Å². The smallest absolute Gasteiger partial charge is 0.392 e. The molecule has 1 aliphatic heterocycles. The number of ether oxygens (including phenoxy) is 1. The minimum absolute atomic E-state index is 0.331. The van der Waals surface area contributed by atoms with Gasteiger partial charge < -0.3 is 4.74 Å². The van der Waals surface area contributed by atoms with Gasteiger partial charge in [0.05, 0.1) is 23.8 Å². The molecule has 0 aliphatic carbocycles. The van der Waals surface area contributed by atoms with E-state index in [1.54, 1.807) is 0 Å². The van der Waals surface area contributed by atoms with Crippen molar-refractivity contribution in [3.63, 3.8) is 0 Å². The number of hydrogen-bond donors (Lipinski definition) is 0. The van der Waals surface area contributed by atoms with Gasteiger partial charge in [0.2, 0.25) is 0 Å². The van der Waals surface area contributed by atoms with Gasteiger partial charge in [-0.1, -0.05) is 0 Å². The van der Waals surface area contributed by atoms with Crippen molar-refractivity contribution in [2.24, 2.45) is 4.99 Å². The molecule has 0 spiro atoms. The molecule has 0 aromatic rings. The number of allylic oxidation sites excluding steroid dienone is 1. The first-order chi connectivity index (χ1) is 6.47. The molecule has 1 rings (SSSR count). The fourth-order valence-electron chi connectivity index (χ4n) is 0.905. The lowest BCUT2D eigenvalue weighted by molar-refractivity contribution is -0.142. The van der Waals surface area contributed by atoms with Crippen LogP contribution in [0.2, 0.25) is 0 Å². The number of hydrogen-bond acceptors (Lipinski definition) is 2. The molecule has 1 aliphatic rings. The van der Waals surface area contributed by atoms with Crippen LogP contribution in [0.4, 0.5) is 13.2 Å². The van der Waals surface area contributed by atoms with Gasteiger partial charge in [-0.2, -0.15) is 13.2 Å². The van der Waals surface area contributed by atoms with Gasteiger partial charge in [-0.25, -0.2) is 0 Å². The van der Waals surface area contributed by atoms with Gasteiger partial charge in [0.25, 0.3) is 0 Å². The number of aliphatic imine (C=N–C) groups is 1. The third kappa shape index (κ3) is 4.64. The molecular formula is C8H9BrF3NO. The average molecular weight is 272 g/mol. The molecule has 14 heavy (non-hydrogen) atoms. The Labute approximate surface area is 88.0 Å². The SMILES string of the molecule is FC(F)(F)CCOC1=CN=C(Br)CC1. The van der Waals surface area contributed by atoms with E-state index in [2.05, 4.69) is 20.9 Å². The van der Waals surface area contributed by atoms with Crippen LogP contribution in [0, 0.1) is 0 Å². The van der Waals surface area contributed by atoms with Crippen LogP contribution in [0.1, 0.15) is 19.3 Å². The van der Waals surface area contributed by atoms with Crippen LogP contribution in [0.3, 0.4) is 0 Å². The van der Waals surface area contributed by atoms with Crippen molar-refractivity contribution in [1.29, 1.82) is 0 Å². The van der Waals surface area contributed by atoms with Crippen molar-refractivity contribution in [1.82, 2.24) is 0 Å². The van der Waals surface area contributed by atoms with Crippen LogP contribution >= 0.6 is 15.9 Å². The second kappa shape index (κ2) is 4.82. The predicted octanol–water partition coefficient (Wildman–Crippen LogP) is 3.38. The molecule has 2 nitrogen and oxygen atoms in total. The normalized spacial score (nSPS) is 17.4. The highest BCUT2D eigenvalue weighted by atomic mass is 79.9. The number of nitrogens with zero attached hydrogens (tertiary/aromatic N) is 1. The quantitative estimate of drug-likeness (QED) is 0.771. The summed E-state index contributed by atoms with van der Waals surface area (Å²) in [5.41, 5.74) is 0. The van der Waals surface area contributed by atoms with E-state index < -0.39 is 12.6 Å². The molecule has 0 saturated heterocycles. The van der Waals surface area contributed by atoms with Crippen molar-refractivity contribution < 1.29 is 17.9 Å². The fourth-order valence-corrected chi connectivity index (χ4v) is 1.21.